The van der Waals surface area contributed by atoms with Crippen molar-refractivity contribution in [3.8, 4) is 0 Å². The third kappa shape index (κ3) is 4.52. The lowest BCUT2D eigenvalue weighted by Gasteiger charge is -2.26. The summed E-state index contributed by atoms with van der Waals surface area (Å²) in [6.45, 7) is 0.311. The molecule has 5 rings (SSSR count). The van der Waals surface area contributed by atoms with E-state index in [0.29, 0.717) is 21.9 Å². The molecule has 0 N–H and O–H groups in total. The molecular formula is C27H20FN3OS. The van der Waals surface area contributed by atoms with Crippen molar-refractivity contribution in [2.24, 2.45) is 0 Å². The van der Waals surface area contributed by atoms with E-state index in [0.717, 1.165) is 16.7 Å². The Hall–Kier alpha value is -3.90. The fourth-order valence-electron chi connectivity index (χ4n) is 3.84. The van der Waals surface area contributed by atoms with Crippen LogP contribution in [0.15, 0.2) is 103 Å². The average molecular weight is 454 g/mol. The van der Waals surface area contributed by atoms with E-state index in [-0.39, 0.29) is 11.7 Å². The van der Waals surface area contributed by atoms with Gasteiger partial charge in [0.25, 0.3) is 0 Å². The first-order valence-corrected chi connectivity index (χ1v) is 11.4. The molecule has 162 valence electrons. The van der Waals surface area contributed by atoms with Gasteiger partial charge in [0.1, 0.15) is 5.82 Å². The first-order valence-electron chi connectivity index (χ1n) is 10.6. The summed E-state index contributed by atoms with van der Waals surface area (Å²) < 4.78 is 14.5. The van der Waals surface area contributed by atoms with Crippen LogP contribution in [0, 0.1) is 5.82 Å². The number of halogens is 1. The minimum Gasteiger partial charge on any atom is -0.283 e. The van der Waals surface area contributed by atoms with Crippen molar-refractivity contribution in [2.45, 2.75) is 12.5 Å². The number of hydrogen-bond acceptors (Lipinski definition) is 4. The molecule has 0 unspecified atom stereocenters. The van der Waals surface area contributed by atoms with Gasteiger partial charge < -0.3 is 0 Å². The third-order valence-electron chi connectivity index (χ3n) is 5.41. The third-order valence-corrected chi connectivity index (χ3v) is 6.45. The monoisotopic (exact) mass is 453 g/mol. The zero-order valence-electron chi connectivity index (χ0n) is 17.6. The smallest absolute Gasteiger partial charge is 0.241 e. The SMILES string of the molecule is O=C(C(c1ccccc1)c1ccccc1)N(Cc1cccnc1)c1nc2ccc(F)cc2s1. The van der Waals surface area contributed by atoms with Gasteiger partial charge in [-0.2, -0.15) is 0 Å². The van der Waals surface area contributed by atoms with Crippen molar-refractivity contribution in [3.05, 3.63) is 126 Å². The van der Waals surface area contributed by atoms with E-state index in [4.69, 9.17) is 0 Å². The summed E-state index contributed by atoms with van der Waals surface area (Å²) >= 11 is 1.31. The number of hydrogen-bond donors (Lipinski definition) is 0. The molecular weight excluding hydrogens is 433 g/mol. The largest absolute Gasteiger partial charge is 0.283 e. The summed E-state index contributed by atoms with van der Waals surface area (Å²) in [5.41, 5.74) is 3.35. The van der Waals surface area contributed by atoms with Crippen LogP contribution in [0.25, 0.3) is 10.2 Å². The number of benzene rings is 3. The summed E-state index contributed by atoms with van der Waals surface area (Å²) in [4.78, 5) is 24.8. The van der Waals surface area contributed by atoms with Crippen molar-refractivity contribution in [1.82, 2.24) is 9.97 Å². The highest BCUT2D eigenvalue weighted by Gasteiger charge is 2.30. The van der Waals surface area contributed by atoms with Crippen LogP contribution in [-0.2, 0) is 11.3 Å². The molecule has 6 heteroatoms. The van der Waals surface area contributed by atoms with Crippen LogP contribution < -0.4 is 4.90 Å². The molecule has 0 aliphatic carbocycles. The van der Waals surface area contributed by atoms with Gasteiger partial charge in [-0.25, -0.2) is 9.37 Å². The van der Waals surface area contributed by atoms with Gasteiger partial charge in [0.2, 0.25) is 5.91 Å². The lowest BCUT2D eigenvalue weighted by atomic mass is 9.90. The zero-order valence-corrected chi connectivity index (χ0v) is 18.5. The summed E-state index contributed by atoms with van der Waals surface area (Å²) in [6.07, 6.45) is 3.44. The van der Waals surface area contributed by atoms with E-state index < -0.39 is 5.92 Å². The standard InChI is InChI=1S/C27H20FN3OS/c28-22-13-14-23-24(16-22)33-27(30-23)31(18-19-8-7-15-29-17-19)26(32)25(20-9-3-1-4-10-20)21-11-5-2-6-12-21/h1-17,25H,18H2. The van der Waals surface area contributed by atoms with Gasteiger partial charge in [-0.1, -0.05) is 78.1 Å². The minimum atomic E-state index is -0.507. The van der Waals surface area contributed by atoms with Crippen LogP contribution in [0.1, 0.15) is 22.6 Å². The van der Waals surface area contributed by atoms with E-state index in [1.54, 1.807) is 23.4 Å². The van der Waals surface area contributed by atoms with Gasteiger partial charge in [-0.3, -0.25) is 14.7 Å². The zero-order chi connectivity index (χ0) is 22.6. The Balaban J connectivity index is 1.62. The maximum atomic E-state index is 14.2. The Bertz CT molecular complexity index is 1330. The van der Waals surface area contributed by atoms with Crippen molar-refractivity contribution in [3.63, 3.8) is 0 Å². The highest BCUT2D eigenvalue weighted by Crippen LogP contribution is 2.34. The molecule has 0 aliphatic rings. The number of fused-ring (bicyclic) bond motifs is 1. The molecule has 2 aromatic heterocycles. The number of amides is 1. The molecule has 0 fully saturated rings. The van der Waals surface area contributed by atoms with Crippen LogP contribution in [0.2, 0.25) is 0 Å². The Kier molecular flexibility index (Phi) is 5.91. The van der Waals surface area contributed by atoms with Gasteiger partial charge in [0.15, 0.2) is 5.13 Å². The van der Waals surface area contributed by atoms with Crippen LogP contribution in [-0.4, -0.2) is 15.9 Å². The molecule has 0 saturated heterocycles. The lowest BCUT2D eigenvalue weighted by molar-refractivity contribution is -0.119. The Morgan fingerprint density at radius 3 is 2.24 bits per heavy atom. The summed E-state index contributed by atoms with van der Waals surface area (Å²) in [6, 6.07) is 27.7. The van der Waals surface area contributed by atoms with Crippen LogP contribution >= 0.6 is 11.3 Å². The molecule has 0 radical (unpaired) electrons. The van der Waals surface area contributed by atoms with Crippen molar-refractivity contribution < 1.29 is 9.18 Å². The maximum absolute atomic E-state index is 14.2. The molecule has 0 bridgehead atoms. The number of thiazole rings is 1. The van der Waals surface area contributed by atoms with Crippen molar-refractivity contribution in [1.29, 1.82) is 0 Å². The molecule has 33 heavy (non-hydrogen) atoms. The van der Waals surface area contributed by atoms with Gasteiger partial charge >= 0.3 is 0 Å². The van der Waals surface area contributed by atoms with E-state index >= 15 is 0 Å². The first kappa shape index (κ1) is 21.0. The fourth-order valence-corrected chi connectivity index (χ4v) is 4.84. The normalized spacial score (nSPS) is 11.1. The van der Waals surface area contributed by atoms with Crippen molar-refractivity contribution >= 4 is 32.6 Å². The van der Waals surface area contributed by atoms with Crippen LogP contribution in [0.5, 0.6) is 0 Å². The first-order chi connectivity index (χ1) is 16.2. The second-order valence-electron chi connectivity index (χ2n) is 7.65. The van der Waals surface area contributed by atoms with E-state index in [9.17, 15) is 9.18 Å². The number of anilines is 1. The number of nitrogens with zero attached hydrogens (tertiary/aromatic N) is 3. The van der Waals surface area contributed by atoms with Gasteiger partial charge in [0.05, 0.1) is 22.7 Å². The summed E-state index contributed by atoms with van der Waals surface area (Å²) in [5, 5.41) is 0.529. The molecule has 2 heterocycles. The molecule has 0 spiro atoms. The van der Waals surface area contributed by atoms with Crippen LogP contribution in [0.3, 0.4) is 0 Å². The number of carbonyl (C=O) groups is 1. The number of rotatable bonds is 6. The van der Waals surface area contributed by atoms with E-state index in [2.05, 4.69) is 9.97 Å². The summed E-state index contributed by atoms with van der Waals surface area (Å²) in [7, 11) is 0. The molecule has 1 amide bonds. The lowest BCUT2D eigenvalue weighted by Crippen LogP contribution is -2.35. The number of carbonyl (C=O) groups excluding carboxylic acids is 1. The molecule has 0 saturated carbocycles. The molecule has 3 aromatic carbocycles. The van der Waals surface area contributed by atoms with E-state index in [1.165, 1.54) is 23.5 Å². The minimum absolute atomic E-state index is 0.101. The second-order valence-corrected chi connectivity index (χ2v) is 8.66. The van der Waals surface area contributed by atoms with Gasteiger partial charge in [0, 0.05) is 12.4 Å². The molecule has 4 nitrogen and oxygen atoms in total. The highest BCUT2D eigenvalue weighted by atomic mass is 32.1. The molecule has 0 atom stereocenters. The fraction of sp³-hybridized carbons (Fsp3) is 0.0741. The molecule has 0 aliphatic heterocycles. The van der Waals surface area contributed by atoms with E-state index in [1.807, 2.05) is 72.8 Å². The quantitative estimate of drug-likeness (QED) is 0.308. The number of aromatic nitrogens is 2. The Morgan fingerprint density at radius 2 is 1.61 bits per heavy atom. The Morgan fingerprint density at radius 1 is 0.909 bits per heavy atom. The highest BCUT2D eigenvalue weighted by molar-refractivity contribution is 7.22. The maximum Gasteiger partial charge on any atom is 0.241 e. The molecule has 5 aromatic rings. The second kappa shape index (κ2) is 9.30. The predicted molar refractivity (Wildman–Crippen MR) is 130 cm³/mol. The van der Waals surface area contributed by atoms with Crippen molar-refractivity contribution in [2.75, 3.05) is 4.90 Å². The average Bonchev–Trinajstić information content (AvgIpc) is 3.27. The Labute approximate surface area is 195 Å². The van der Waals surface area contributed by atoms with Gasteiger partial charge in [-0.05, 0) is 41.0 Å². The van der Waals surface area contributed by atoms with Crippen LogP contribution in [0.4, 0.5) is 9.52 Å². The number of pyridine rings is 1. The predicted octanol–water partition coefficient (Wildman–Crippen LogP) is 6.20. The van der Waals surface area contributed by atoms with Gasteiger partial charge in [-0.15, -0.1) is 0 Å². The topological polar surface area (TPSA) is 46.1 Å². The summed E-state index contributed by atoms with van der Waals surface area (Å²) in [5.74, 6) is -0.933.